The maximum atomic E-state index is 3.68. The molecule has 2 heteroatoms. The average Bonchev–Trinajstić information content (AvgIpc) is 1.66. The van der Waals surface area contributed by atoms with Crippen LogP contribution in [0.5, 0.6) is 0 Å². The Morgan fingerprint density at radius 2 is 2.38 bits per heavy atom. The van der Waals surface area contributed by atoms with Crippen LogP contribution in [-0.2, 0) is 0 Å². The van der Waals surface area contributed by atoms with Gasteiger partial charge in [-0.3, -0.25) is 0 Å². The first-order chi connectivity index (χ1) is 3.77. The third-order valence-electron chi connectivity index (χ3n) is 0.744. The molecule has 0 fully saturated rings. The summed E-state index contributed by atoms with van der Waals surface area (Å²) in [5.74, 6) is 0. The van der Waals surface area contributed by atoms with Gasteiger partial charge in [0.25, 0.3) is 0 Å². The normalized spacial score (nSPS) is 9.25. The van der Waals surface area contributed by atoms with Crippen molar-refractivity contribution >= 4 is 15.9 Å². The van der Waals surface area contributed by atoms with Crippen LogP contribution >= 0.6 is 15.9 Å². The smallest absolute Gasteiger partial charge is 0.0265 e. The highest BCUT2D eigenvalue weighted by atomic mass is 79.9. The first kappa shape index (κ1) is 8.18. The van der Waals surface area contributed by atoms with Gasteiger partial charge in [-0.15, -0.1) is 0 Å². The summed E-state index contributed by atoms with van der Waals surface area (Å²) in [6.45, 7) is 7.78. The summed E-state index contributed by atoms with van der Waals surface area (Å²) in [5, 5.41) is 3.19. The lowest BCUT2D eigenvalue weighted by molar-refractivity contribution is 0.727. The number of hydrogen-bond donors (Lipinski definition) is 1. The molecule has 0 unspecified atom stereocenters. The highest BCUT2D eigenvalue weighted by molar-refractivity contribution is 9.11. The molecular weight excluding hydrogens is 166 g/mol. The van der Waals surface area contributed by atoms with E-state index in [-0.39, 0.29) is 0 Å². The number of hydrogen-bond acceptors (Lipinski definition) is 1. The van der Waals surface area contributed by atoms with Crippen molar-refractivity contribution in [3.63, 3.8) is 0 Å². The topological polar surface area (TPSA) is 12.0 Å². The summed E-state index contributed by atoms with van der Waals surface area (Å²) >= 11 is 3.25. The van der Waals surface area contributed by atoms with Crippen LogP contribution < -0.4 is 5.32 Å². The minimum Gasteiger partial charge on any atom is -0.312 e. The van der Waals surface area contributed by atoms with Gasteiger partial charge in [0.05, 0.1) is 0 Å². The fourth-order valence-corrected chi connectivity index (χ4v) is 0.599. The second-order valence-corrected chi connectivity index (χ2v) is 2.82. The van der Waals surface area contributed by atoms with E-state index in [1.54, 1.807) is 0 Å². The van der Waals surface area contributed by atoms with Crippen LogP contribution in [0, 0.1) is 0 Å². The monoisotopic (exact) mass is 177 g/mol. The molecular formula is C6H12BrN. The second kappa shape index (κ2) is 5.32. The van der Waals surface area contributed by atoms with Gasteiger partial charge in [-0.1, -0.05) is 29.4 Å². The van der Waals surface area contributed by atoms with Crippen LogP contribution in [0.2, 0.25) is 0 Å². The summed E-state index contributed by atoms with van der Waals surface area (Å²) in [5.41, 5.74) is 0. The number of halogens is 1. The zero-order chi connectivity index (χ0) is 6.41. The van der Waals surface area contributed by atoms with Gasteiger partial charge in [0.2, 0.25) is 0 Å². The SMILES string of the molecule is C=C(Br)CNCCC. The Kier molecular flexibility index (Phi) is 5.44. The Morgan fingerprint density at radius 3 is 2.75 bits per heavy atom. The summed E-state index contributed by atoms with van der Waals surface area (Å²) < 4.78 is 1.02. The molecule has 0 saturated heterocycles. The molecule has 0 heterocycles. The lowest BCUT2D eigenvalue weighted by Crippen LogP contribution is -2.15. The third-order valence-corrected chi connectivity index (χ3v) is 1.02. The van der Waals surface area contributed by atoms with Crippen molar-refractivity contribution in [2.45, 2.75) is 13.3 Å². The van der Waals surface area contributed by atoms with Gasteiger partial charge in [-0.05, 0) is 13.0 Å². The molecule has 0 radical (unpaired) electrons. The van der Waals surface area contributed by atoms with Gasteiger partial charge in [0, 0.05) is 11.0 Å². The highest BCUT2D eigenvalue weighted by Crippen LogP contribution is 1.95. The first-order valence-corrected chi connectivity index (χ1v) is 3.60. The molecule has 1 N–H and O–H groups in total. The maximum Gasteiger partial charge on any atom is 0.0265 e. The van der Waals surface area contributed by atoms with Crippen molar-refractivity contribution in [2.75, 3.05) is 13.1 Å². The molecule has 0 aromatic carbocycles. The van der Waals surface area contributed by atoms with Gasteiger partial charge >= 0.3 is 0 Å². The van der Waals surface area contributed by atoms with Gasteiger partial charge in [0.1, 0.15) is 0 Å². The lowest BCUT2D eigenvalue weighted by Gasteiger charge is -1.97. The molecule has 0 aliphatic carbocycles. The molecule has 48 valence electrons. The second-order valence-electron chi connectivity index (χ2n) is 1.69. The molecule has 8 heavy (non-hydrogen) atoms. The van der Waals surface area contributed by atoms with Gasteiger partial charge in [-0.2, -0.15) is 0 Å². The zero-order valence-electron chi connectivity index (χ0n) is 5.21. The van der Waals surface area contributed by atoms with Crippen LogP contribution in [0.15, 0.2) is 11.1 Å². The van der Waals surface area contributed by atoms with E-state index >= 15 is 0 Å². The summed E-state index contributed by atoms with van der Waals surface area (Å²) in [6, 6.07) is 0. The van der Waals surface area contributed by atoms with Gasteiger partial charge in [0.15, 0.2) is 0 Å². The van der Waals surface area contributed by atoms with Crippen molar-refractivity contribution in [2.24, 2.45) is 0 Å². The predicted molar refractivity (Wildman–Crippen MR) is 41.2 cm³/mol. The Morgan fingerprint density at radius 1 is 1.75 bits per heavy atom. The quantitative estimate of drug-likeness (QED) is 0.648. The summed E-state index contributed by atoms with van der Waals surface area (Å²) in [7, 11) is 0. The van der Waals surface area contributed by atoms with Crippen LogP contribution in [-0.4, -0.2) is 13.1 Å². The van der Waals surface area contributed by atoms with Crippen molar-refractivity contribution in [1.29, 1.82) is 0 Å². The minimum absolute atomic E-state index is 0.883. The average molecular weight is 178 g/mol. The molecule has 1 nitrogen and oxygen atoms in total. The van der Waals surface area contributed by atoms with Crippen molar-refractivity contribution in [3.8, 4) is 0 Å². The van der Waals surface area contributed by atoms with Crippen molar-refractivity contribution in [1.82, 2.24) is 5.32 Å². The molecule has 0 aromatic heterocycles. The summed E-state index contributed by atoms with van der Waals surface area (Å²) in [4.78, 5) is 0. The molecule has 0 rings (SSSR count). The maximum absolute atomic E-state index is 3.68. The molecule has 0 spiro atoms. The van der Waals surface area contributed by atoms with Gasteiger partial charge < -0.3 is 5.32 Å². The number of nitrogens with one attached hydrogen (secondary N) is 1. The molecule has 0 saturated carbocycles. The van der Waals surface area contributed by atoms with Crippen LogP contribution in [0.25, 0.3) is 0 Å². The largest absolute Gasteiger partial charge is 0.312 e. The van der Waals surface area contributed by atoms with E-state index in [0.29, 0.717) is 0 Å². The molecule has 0 bridgehead atoms. The van der Waals surface area contributed by atoms with Crippen LogP contribution in [0.4, 0.5) is 0 Å². The Hall–Kier alpha value is 0.180. The van der Waals surface area contributed by atoms with E-state index in [4.69, 9.17) is 0 Å². The van der Waals surface area contributed by atoms with E-state index in [0.717, 1.165) is 17.6 Å². The predicted octanol–water partition coefficient (Wildman–Crippen LogP) is 1.89. The van der Waals surface area contributed by atoms with E-state index in [2.05, 4.69) is 34.7 Å². The Bertz CT molecular complexity index is 70.9. The summed E-state index contributed by atoms with van der Waals surface area (Å²) in [6.07, 6.45) is 1.18. The highest BCUT2D eigenvalue weighted by Gasteiger charge is 1.83. The minimum atomic E-state index is 0.883. The standard InChI is InChI=1S/C6H12BrN/c1-3-4-8-5-6(2)7/h8H,2-5H2,1H3. The Balaban J connectivity index is 2.82. The number of rotatable bonds is 4. The zero-order valence-corrected chi connectivity index (χ0v) is 6.79. The fraction of sp³-hybridized carbons (Fsp3) is 0.667. The Labute approximate surface area is 59.3 Å². The van der Waals surface area contributed by atoms with Crippen molar-refractivity contribution in [3.05, 3.63) is 11.1 Å². The molecule has 0 aliphatic heterocycles. The van der Waals surface area contributed by atoms with E-state index in [1.807, 2.05) is 0 Å². The molecule has 0 atom stereocenters. The molecule has 0 aliphatic rings. The lowest BCUT2D eigenvalue weighted by atomic mass is 10.5. The van der Waals surface area contributed by atoms with Gasteiger partial charge in [-0.25, -0.2) is 0 Å². The first-order valence-electron chi connectivity index (χ1n) is 2.81. The van der Waals surface area contributed by atoms with E-state index in [9.17, 15) is 0 Å². The van der Waals surface area contributed by atoms with E-state index in [1.165, 1.54) is 6.42 Å². The third kappa shape index (κ3) is 6.18. The van der Waals surface area contributed by atoms with Crippen LogP contribution in [0.1, 0.15) is 13.3 Å². The van der Waals surface area contributed by atoms with Crippen molar-refractivity contribution < 1.29 is 0 Å². The molecule has 0 aromatic rings. The molecule has 0 amide bonds. The van der Waals surface area contributed by atoms with E-state index < -0.39 is 0 Å². The van der Waals surface area contributed by atoms with Crippen LogP contribution in [0.3, 0.4) is 0 Å². The fourth-order valence-electron chi connectivity index (χ4n) is 0.401.